The summed E-state index contributed by atoms with van der Waals surface area (Å²) in [5, 5.41) is 1.02. The number of rotatable bonds is 6. The Balaban J connectivity index is 1.28. The maximum Gasteiger partial charge on any atom is 0.160 e. The lowest BCUT2D eigenvalue weighted by Crippen LogP contribution is -1.97. The third-order valence-electron chi connectivity index (χ3n) is 7.97. The molecule has 4 heteroatoms. The van der Waals surface area contributed by atoms with Gasteiger partial charge in [0.2, 0.25) is 0 Å². The van der Waals surface area contributed by atoms with E-state index in [4.69, 9.17) is 15.0 Å². The van der Waals surface area contributed by atoms with Crippen molar-refractivity contribution in [3.63, 3.8) is 0 Å². The molecule has 2 heterocycles. The molecule has 0 spiro atoms. The summed E-state index contributed by atoms with van der Waals surface area (Å²) in [4.78, 5) is 15.2. The van der Waals surface area contributed by atoms with Gasteiger partial charge in [-0.05, 0) is 28.8 Å². The van der Waals surface area contributed by atoms with Gasteiger partial charge in [-0.2, -0.15) is 0 Å². The van der Waals surface area contributed by atoms with E-state index in [0.717, 1.165) is 60.0 Å². The number of benzene rings is 6. The Morgan fingerprint density at radius 3 is 1.60 bits per heavy atom. The van der Waals surface area contributed by atoms with Gasteiger partial charge >= 0.3 is 0 Å². The molecule has 0 N–H and O–H groups in total. The highest BCUT2D eigenvalue weighted by molar-refractivity contribution is 7.22. The molecule has 0 amide bonds. The fourth-order valence-corrected chi connectivity index (χ4v) is 6.82. The van der Waals surface area contributed by atoms with Gasteiger partial charge in [0, 0.05) is 27.8 Å². The van der Waals surface area contributed by atoms with Gasteiger partial charge in [-0.3, -0.25) is 0 Å². The molecule has 0 aliphatic carbocycles. The van der Waals surface area contributed by atoms with E-state index in [0.29, 0.717) is 5.82 Å². The molecular weight excluding hydrogens is 567 g/mol. The predicted molar refractivity (Wildman–Crippen MR) is 188 cm³/mol. The highest BCUT2D eigenvalue weighted by Crippen LogP contribution is 2.41. The van der Waals surface area contributed by atoms with Crippen LogP contribution in [0.3, 0.4) is 0 Å². The summed E-state index contributed by atoms with van der Waals surface area (Å²) in [6.07, 6.45) is 0. The molecule has 3 nitrogen and oxygen atoms in total. The standard InChI is InChI=1S/C41H27N3S/c1-4-13-28(14-5-1)29-23-25-30(26-24-29)37-27-38(43-40(42-37)31-15-6-2-7-16-31)34-20-11-10-19-33(34)35-21-12-22-36-39(35)45-41(44-36)32-17-8-3-9-18-32/h1-27H. The lowest BCUT2D eigenvalue weighted by atomic mass is 9.96. The quantitative estimate of drug-likeness (QED) is 0.192. The zero-order valence-electron chi connectivity index (χ0n) is 24.3. The van der Waals surface area contributed by atoms with Crippen molar-refractivity contribution in [3.8, 4) is 66.7 Å². The molecule has 0 aliphatic rings. The Bertz CT molecular complexity index is 2240. The molecule has 212 valence electrons. The summed E-state index contributed by atoms with van der Waals surface area (Å²) in [6.45, 7) is 0. The molecule has 2 aromatic heterocycles. The van der Waals surface area contributed by atoms with E-state index in [1.165, 1.54) is 11.1 Å². The van der Waals surface area contributed by atoms with E-state index < -0.39 is 0 Å². The predicted octanol–water partition coefficient (Wildman–Crippen LogP) is 11.1. The van der Waals surface area contributed by atoms with Gasteiger partial charge in [0.05, 0.1) is 21.6 Å². The third-order valence-corrected chi connectivity index (χ3v) is 9.13. The zero-order valence-corrected chi connectivity index (χ0v) is 25.2. The van der Waals surface area contributed by atoms with Crippen molar-refractivity contribution in [1.29, 1.82) is 0 Å². The Labute approximate surface area is 266 Å². The van der Waals surface area contributed by atoms with Crippen LogP contribution in [0, 0.1) is 0 Å². The van der Waals surface area contributed by atoms with Crippen LogP contribution in [-0.2, 0) is 0 Å². The van der Waals surface area contributed by atoms with Crippen LogP contribution in [0.2, 0.25) is 0 Å². The van der Waals surface area contributed by atoms with Gasteiger partial charge in [-0.15, -0.1) is 11.3 Å². The third kappa shape index (κ3) is 5.33. The summed E-state index contributed by atoms with van der Waals surface area (Å²) in [5.41, 5.74) is 11.6. The highest BCUT2D eigenvalue weighted by atomic mass is 32.1. The number of hydrogen-bond donors (Lipinski definition) is 0. The second-order valence-electron chi connectivity index (χ2n) is 10.9. The van der Waals surface area contributed by atoms with Crippen molar-refractivity contribution in [2.45, 2.75) is 0 Å². The first kappa shape index (κ1) is 26.9. The largest absolute Gasteiger partial charge is 0.236 e. The first-order valence-corrected chi connectivity index (χ1v) is 15.8. The summed E-state index contributed by atoms with van der Waals surface area (Å²) < 4.78 is 1.16. The molecule has 8 rings (SSSR count). The smallest absolute Gasteiger partial charge is 0.160 e. The first-order chi connectivity index (χ1) is 22.3. The van der Waals surface area contributed by atoms with Crippen molar-refractivity contribution in [2.24, 2.45) is 0 Å². The average Bonchev–Trinajstić information content (AvgIpc) is 3.58. The second-order valence-corrected chi connectivity index (χ2v) is 11.9. The lowest BCUT2D eigenvalue weighted by molar-refractivity contribution is 1.18. The molecule has 0 atom stereocenters. The maximum absolute atomic E-state index is 5.16. The Morgan fingerprint density at radius 1 is 0.356 bits per heavy atom. The van der Waals surface area contributed by atoms with Crippen LogP contribution in [0.15, 0.2) is 164 Å². The number of fused-ring (bicyclic) bond motifs is 1. The molecule has 6 aromatic carbocycles. The number of thiazole rings is 1. The van der Waals surface area contributed by atoms with Crippen LogP contribution in [0.1, 0.15) is 0 Å². The number of nitrogens with zero attached hydrogens (tertiary/aromatic N) is 3. The molecule has 0 unspecified atom stereocenters. The van der Waals surface area contributed by atoms with Crippen LogP contribution in [0.4, 0.5) is 0 Å². The first-order valence-electron chi connectivity index (χ1n) is 15.0. The van der Waals surface area contributed by atoms with E-state index in [9.17, 15) is 0 Å². The summed E-state index contributed by atoms with van der Waals surface area (Å²) in [6, 6.07) is 56.7. The van der Waals surface area contributed by atoms with Gasteiger partial charge in [0.15, 0.2) is 5.82 Å². The van der Waals surface area contributed by atoms with E-state index in [-0.39, 0.29) is 0 Å². The molecule has 0 saturated carbocycles. The van der Waals surface area contributed by atoms with Gasteiger partial charge in [-0.25, -0.2) is 15.0 Å². The highest BCUT2D eigenvalue weighted by Gasteiger charge is 2.17. The average molecular weight is 594 g/mol. The van der Waals surface area contributed by atoms with Crippen molar-refractivity contribution in [2.75, 3.05) is 0 Å². The molecule has 0 saturated heterocycles. The topological polar surface area (TPSA) is 38.7 Å². The van der Waals surface area contributed by atoms with Crippen LogP contribution < -0.4 is 0 Å². The van der Waals surface area contributed by atoms with Crippen molar-refractivity contribution in [3.05, 3.63) is 164 Å². The molecule has 45 heavy (non-hydrogen) atoms. The summed E-state index contributed by atoms with van der Waals surface area (Å²) in [5.74, 6) is 0.701. The van der Waals surface area contributed by atoms with E-state index >= 15 is 0 Å². The summed E-state index contributed by atoms with van der Waals surface area (Å²) >= 11 is 1.73. The molecular formula is C41H27N3S. The monoisotopic (exact) mass is 593 g/mol. The normalized spacial score (nSPS) is 11.1. The van der Waals surface area contributed by atoms with Crippen LogP contribution in [-0.4, -0.2) is 15.0 Å². The van der Waals surface area contributed by atoms with Crippen molar-refractivity contribution >= 4 is 21.6 Å². The Morgan fingerprint density at radius 2 is 0.889 bits per heavy atom. The van der Waals surface area contributed by atoms with Gasteiger partial charge in [0.25, 0.3) is 0 Å². The Kier molecular flexibility index (Phi) is 7.02. The fraction of sp³-hybridized carbons (Fsp3) is 0. The van der Waals surface area contributed by atoms with E-state index in [2.05, 4.69) is 133 Å². The zero-order chi connectivity index (χ0) is 30.0. The van der Waals surface area contributed by atoms with Crippen LogP contribution >= 0.6 is 11.3 Å². The molecule has 0 bridgehead atoms. The molecule has 0 fully saturated rings. The second kappa shape index (κ2) is 11.8. The van der Waals surface area contributed by atoms with Crippen LogP contribution in [0.5, 0.6) is 0 Å². The number of hydrogen-bond acceptors (Lipinski definition) is 4. The van der Waals surface area contributed by atoms with Crippen LogP contribution in [0.25, 0.3) is 76.9 Å². The molecule has 0 aliphatic heterocycles. The van der Waals surface area contributed by atoms with E-state index in [1.54, 1.807) is 11.3 Å². The fourth-order valence-electron chi connectivity index (χ4n) is 5.72. The molecule has 8 aromatic rings. The van der Waals surface area contributed by atoms with E-state index in [1.807, 2.05) is 30.3 Å². The SMILES string of the molecule is c1ccc(-c2ccc(-c3cc(-c4ccccc4-c4cccc5nc(-c6ccccc6)sc45)nc(-c4ccccc4)n3)cc2)cc1. The number of aromatic nitrogens is 3. The van der Waals surface area contributed by atoms with Gasteiger partial charge in [-0.1, -0.05) is 152 Å². The molecule has 0 radical (unpaired) electrons. The maximum atomic E-state index is 5.16. The summed E-state index contributed by atoms with van der Waals surface area (Å²) in [7, 11) is 0. The minimum atomic E-state index is 0.701. The Hall–Kier alpha value is -5.71. The van der Waals surface area contributed by atoms with Crippen molar-refractivity contribution in [1.82, 2.24) is 15.0 Å². The lowest BCUT2D eigenvalue weighted by Gasteiger charge is -2.13. The van der Waals surface area contributed by atoms with Crippen molar-refractivity contribution < 1.29 is 0 Å². The minimum absolute atomic E-state index is 0.701. The minimum Gasteiger partial charge on any atom is -0.236 e. The van der Waals surface area contributed by atoms with Gasteiger partial charge < -0.3 is 0 Å². The van der Waals surface area contributed by atoms with Gasteiger partial charge in [0.1, 0.15) is 5.01 Å².